The molecular weight excluding hydrogens is 430 g/mol. The highest BCUT2D eigenvalue weighted by Crippen LogP contribution is 2.20. The van der Waals surface area contributed by atoms with Gasteiger partial charge in [-0.05, 0) is 31.2 Å². The van der Waals surface area contributed by atoms with Gasteiger partial charge in [0.25, 0.3) is 11.5 Å². The van der Waals surface area contributed by atoms with E-state index < -0.39 is 5.91 Å². The van der Waals surface area contributed by atoms with Gasteiger partial charge in [0.15, 0.2) is 5.69 Å². The monoisotopic (exact) mass is 453 g/mol. The summed E-state index contributed by atoms with van der Waals surface area (Å²) in [6.07, 6.45) is 0. The summed E-state index contributed by atoms with van der Waals surface area (Å²) in [7, 11) is 0. The lowest BCUT2D eigenvalue weighted by Crippen LogP contribution is -2.51. The Balaban J connectivity index is 1.39. The lowest BCUT2D eigenvalue weighted by molar-refractivity contribution is -0.130. The molecule has 1 saturated heterocycles. The van der Waals surface area contributed by atoms with Crippen LogP contribution in [0.3, 0.4) is 0 Å². The number of carbonyl (C=O) groups is 2. The second-order valence-electron chi connectivity index (χ2n) is 7.55. The topological polar surface area (TPSA) is 87.5 Å². The lowest BCUT2D eigenvalue weighted by atomic mass is 10.1. The summed E-state index contributed by atoms with van der Waals surface area (Å²) >= 11 is 6.07. The highest BCUT2D eigenvalue weighted by Gasteiger charge is 2.23. The van der Waals surface area contributed by atoms with E-state index >= 15 is 0 Å². The van der Waals surface area contributed by atoms with Crippen LogP contribution >= 0.6 is 11.6 Å². The number of piperazine rings is 1. The number of amides is 2. The summed E-state index contributed by atoms with van der Waals surface area (Å²) in [6, 6.07) is 14.5. The third-order valence-electron chi connectivity index (χ3n) is 5.59. The molecule has 166 valence electrons. The maximum absolute atomic E-state index is 12.8. The van der Waals surface area contributed by atoms with Crippen molar-refractivity contribution in [2.24, 2.45) is 0 Å². The second-order valence-corrected chi connectivity index (χ2v) is 7.98. The van der Waals surface area contributed by atoms with Crippen molar-refractivity contribution in [3.8, 4) is 0 Å². The Morgan fingerprint density at radius 2 is 1.75 bits per heavy atom. The number of benzene rings is 2. The Kier molecular flexibility index (Phi) is 6.41. The van der Waals surface area contributed by atoms with E-state index in [1.165, 1.54) is 4.68 Å². The third kappa shape index (κ3) is 4.45. The molecule has 9 heteroatoms. The van der Waals surface area contributed by atoms with Crippen LogP contribution in [0.15, 0.2) is 53.3 Å². The Labute approximate surface area is 190 Å². The van der Waals surface area contributed by atoms with Gasteiger partial charge in [-0.1, -0.05) is 35.9 Å². The number of hydrogen-bond acceptors (Lipinski definition) is 5. The summed E-state index contributed by atoms with van der Waals surface area (Å²) < 4.78 is 1.26. The van der Waals surface area contributed by atoms with Gasteiger partial charge in [0.1, 0.15) is 0 Å². The molecule has 1 fully saturated rings. The average Bonchev–Trinajstić information content (AvgIpc) is 2.83. The van der Waals surface area contributed by atoms with Crippen LogP contribution in [0, 0.1) is 0 Å². The second kappa shape index (κ2) is 9.40. The predicted octanol–water partition coefficient (Wildman–Crippen LogP) is 2.15. The molecule has 2 amide bonds. The van der Waals surface area contributed by atoms with Crippen LogP contribution in [0.4, 0.5) is 5.69 Å². The van der Waals surface area contributed by atoms with Crippen LogP contribution in [-0.4, -0.2) is 59.2 Å². The molecule has 0 spiro atoms. The summed E-state index contributed by atoms with van der Waals surface area (Å²) in [5.41, 5.74) is 0.927. The average molecular weight is 454 g/mol. The number of aromatic nitrogens is 2. The first kappa shape index (κ1) is 21.8. The van der Waals surface area contributed by atoms with Gasteiger partial charge in [0.05, 0.1) is 11.9 Å². The molecule has 1 N–H and O–H groups in total. The highest BCUT2D eigenvalue weighted by atomic mass is 35.5. The van der Waals surface area contributed by atoms with Crippen LogP contribution in [0.25, 0.3) is 10.8 Å². The van der Waals surface area contributed by atoms with Crippen molar-refractivity contribution in [1.82, 2.24) is 20.0 Å². The summed E-state index contributed by atoms with van der Waals surface area (Å²) in [5.74, 6) is -0.633. The van der Waals surface area contributed by atoms with Crippen molar-refractivity contribution in [2.75, 3.05) is 37.6 Å². The minimum atomic E-state index is -0.477. The summed E-state index contributed by atoms with van der Waals surface area (Å²) in [5, 5.41) is 8.46. The van der Waals surface area contributed by atoms with Gasteiger partial charge >= 0.3 is 0 Å². The van der Waals surface area contributed by atoms with E-state index in [-0.39, 0.29) is 23.7 Å². The largest absolute Gasteiger partial charge is 0.368 e. The van der Waals surface area contributed by atoms with Crippen LogP contribution in [0.5, 0.6) is 0 Å². The van der Waals surface area contributed by atoms with Gasteiger partial charge in [-0.2, -0.15) is 5.10 Å². The van der Waals surface area contributed by atoms with Gasteiger partial charge in [-0.3, -0.25) is 14.4 Å². The molecule has 1 aromatic heterocycles. The molecule has 0 saturated carbocycles. The van der Waals surface area contributed by atoms with Crippen molar-refractivity contribution in [2.45, 2.75) is 13.5 Å². The molecular formula is C23H24ClN5O3. The molecule has 0 radical (unpaired) electrons. The molecule has 32 heavy (non-hydrogen) atoms. The zero-order valence-electron chi connectivity index (χ0n) is 17.8. The molecule has 4 rings (SSSR count). The lowest BCUT2D eigenvalue weighted by Gasteiger charge is -2.36. The summed E-state index contributed by atoms with van der Waals surface area (Å²) in [6.45, 7) is 4.50. The molecule has 2 aromatic carbocycles. The zero-order valence-corrected chi connectivity index (χ0v) is 18.5. The number of nitrogens with zero attached hydrogens (tertiary/aromatic N) is 4. The number of aryl methyl sites for hydroxylation is 1. The molecule has 2 heterocycles. The summed E-state index contributed by atoms with van der Waals surface area (Å²) in [4.78, 5) is 41.8. The quantitative estimate of drug-likeness (QED) is 0.639. The van der Waals surface area contributed by atoms with E-state index in [1.807, 2.05) is 24.3 Å². The fourth-order valence-corrected chi connectivity index (χ4v) is 4.04. The minimum Gasteiger partial charge on any atom is -0.368 e. The normalized spacial score (nSPS) is 13.9. The number of hydrogen-bond donors (Lipinski definition) is 1. The van der Waals surface area contributed by atoms with Crippen molar-refractivity contribution >= 4 is 39.9 Å². The van der Waals surface area contributed by atoms with Crippen molar-refractivity contribution in [3.63, 3.8) is 0 Å². The fourth-order valence-electron chi connectivity index (χ4n) is 3.86. The first-order valence-corrected chi connectivity index (χ1v) is 10.9. The standard InChI is InChI=1S/C23H24ClN5O3/c1-2-29-23(32)19-9-4-3-8-18(19)21(26-29)22(31)25-15-20(30)28-12-10-27(11-13-28)17-7-5-6-16(24)14-17/h3-9,14H,2,10-13,15H2,1H3,(H,25,31). The number of halogens is 1. The van der Waals surface area contributed by atoms with Crippen molar-refractivity contribution in [1.29, 1.82) is 0 Å². The van der Waals surface area contributed by atoms with Crippen molar-refractivity contribution in [3.05, 3.63) is 69.6 Å². The first-order valence-electron chi connectivity index (χ1n) is 10.5. The molecule has 0 bridgehead atoms. The van der Waals surface area contributed by atoms with Gasteiger partial charge < -0.3 is 15.1 Å². The molecule has 1 aliphatic rings. The maximum Gasteiger partial charge on any atom is 0.274 e. The highest BCUT2D eigenvalue weighted by molar-refractivity contribution is 6.30. The van der Waals surface area contributed by atoms with E-state index in [0.29, 0.717) is 48.5 Å². The first-order chi connectivity index (χ1) is 15.5. The Hall–Kier alpha value is -3.39. The number of carbonyl (C=O) groups excluding carboxylic acids is 2. The Morgan fingerprint density at radius 1 is 1.03 bits per heavy atom. The van der Waals surface area contributed by atoms with Gasteiger partial charge in [0, 0.05) is 48.8 Å². The number of rotatable bonds is 5. The van der Waals surface area contributed by atoms with E-state index in [2.05, 4.69) is 15.3 Å². The zero-order chi connectivity index (χ0) is 22.7. The number of nitrogens with one attached hydrogen (secondary N) is 1. The van der Waals surface area contributed by atoms with Gasteiger partial charge in [0.2, 0.25) is 5.91 Å². The fraction of sp³-hybridized carbons (Fsp3) is 0.304. The van der Waals surface area contributed by atoms with Crippen LogP contribution in [-0.2, 0) is 11.3 Å². The van der Waals surface area contributed by atoms with Crippen LogP contribution in [0.2, 0.25) is 5.02 Å². The van der Waals surface area contributed by atoms with Gasteiger partial charge in [-0.15, -0.1) is 0 Å². The molecule has 8 nitrogen and oxygen atoms in total. The Morgan fingerprint density at radius 3 is 2.44 bits per heavy atom. The van der Waals surface area contributed by atoms with E-state index in [4.69, 9.17) is 11.6 Å². The smallest absolute Gasteiger partial charge is 0.274 e. The molecule has 0 aliphatic carbocycles. The number of anilines is 1. The molecule has 0 unspecified atom stereocenters. The molecule has 0 atom stereocenters. The number of fused-ring (bicyclic) bond motifs is 1. The SMILES string of the molecule is CCn1nc(C(=O)NCC(=O)N2CCN(c3cccc(Cl)c3)CC2)c2ccccc2c1=O. The van der Waals surface area contributed by atoms with E-state index in [1.54, 1.807) is 36.1 Å². The van der Waals surface area contributed by atoms with Crippen LogP contribution < -0.4 is 15.8 Å². The predicted molar refractivity (Wildman–Crippen MR) is 124 cm³/mol. The molecule has 1 aliphatic heterocycles. The Bertz CT molecular complexity index is 1220. The van der Waals surface area contributed by atoms with E-state index in [9.17, 15) is 14.4 Å². The third-order valence-corrected chi connectivity index (χ3v) is 5.82. The molecule has 3 aromatic rings. The minimum absolute atomic E-state index is 0.128. The maximum atomic E-state index is 12.8. The van der Waals surface area contributed by atoms with Crippen LogP contribution in [0.1, 0.15) is 17.4 Å². The van der Waals surface area contributed by atoms with Crippen molar-refractivity contribution < 1.29 is 9.59 Å². The van der Waals surface area contributed by atoms with Gasteiger partial charge in [-0.25, -0.2) is 4.68 Å². The van der Waals surface area contributed by atoms with E-state index in [0.717, 1.165) is 5.69 Å².